The van der Waals surface area contributed by atoms with Crippen LogP contribution in [0.15, 0.2) is 30.2 Å². The highest BCUT2D eigenvalue weighted by Crippen LogP contribution is 2.09. The molecular formula is C12H19NO2S. The maximum Gasteiger partial charge on any atom is 0.0897 e. The second-order valence-corrected chi connectivity index (χ2v) is 4.56. The largest absolute Gasteiger partial charge is 0.389 e. The van der Waals surface area contributed by atoms with Crippen molar-refractivity contribution in [1.29, 1.82) is 0 Å². The highest BCUT2D eigenvalue weighted by atomic mass is 32.1. The number of hydrogen-bond donors (Lipinski definition) is 2. The first-order valence-corrected chi connectivity index (χ1v) is 6.30. The number of aliphatic hydroxyl groups excluding tert-OH is 1. The fourth-order valence-electron chi connectivity index (χ4n) is 1.22. The summed E-state index contributed by atoms with van der Waals surface area (Å²) in [7, 11) is 0. The summed E-state index contributed by atoms with van der Waals surface area (Å²) in [5.41, 5.74) is 0. The number of thiophene rings is 1. The third-order valence-electron chi connectivity index (χ3n) is 2.04. The van der Waals surface area contributed by atoms with Gasteiger partial charge in [0.05, 0.1) is 19.3 Å². The Balaban J connectivity index is 1.97. The van der Waals surface area contributed by atoms with E-state index >= 15 is 0 Å². The Bertz CT molecular complexity index is 275. The van der Waals surface area contributed by atoms with E-state index in [-0.39, 0.29) is 0 Å². The van der Waals surface area contributed by atoms with E-state index in [2.05, 4.69) is 11.9 Å². The molecule has 0 spiro atoms. The van der Waals surface area contributed by atoms with Gasteiger partial charge in [0.1, 0.15) is 0 Å². The van der Waals surface area contributed by atoms with Gasteiger partial charge < -0.3 is 15.2 Å². The van der Waals surface area contributed by atoms with Crippen LogP contribution in [0.3, 0.4) is 0 Å². The molecule has 1 atom stereocenters. The van der Waals surface area contributed by atoms with E-state index in [1.807, 2.05) is 23.6 Å². The minimum Gasteiger partial charge on any atom is -0.389 e. The summed E-state index contributed by atoms with van der Waals surface area (Å²) in [6, 6.07) is 4.02. The molecule has 1 heterocycles. The third kappa shape index (κ3) is 6.02. The lowest BCUT2D eigenvalue weighted by molar-refractivity contribution is 0.0300. The first-order valence-electron chi connectivity index (χ1n) is 5.42. The molecule has 0 aliphatic carbocycles. The van der Waals surface area contributed by atoms with Crippen LogP contribution in [0.4, 0.5) is 0 Å². The van der Waals surface area contributed by atoms with E-state index in [0.29, 0.717) is 19.8 Å². The summed E-state index contributed by atoms with van der Waals surface area (Å²) in [6.45, 7) is 6.01. The molecule has 0 amide bonds. The number of aliphatic hydroxyl groups is 1. The number of ether oxygens (including phenoxy) is 1. The molecule has 0 radical (unpaired) electrons. The molecule has 2 N–H and O–H groups in total. The molecule has 0 fully saturated rings. The molecule has 1 aromatic rings. The van der Waals surface area contributed by atoms with Crippen LogP contribution in [0.5, 0.6) is 0 Å². The van der Waals surface area contributed by atoms with Crippen molar-refractivity contribution < 1.29 is 9.84 Å². The second kappa shape index (κ2) is 8.47. The smallest absolute Gasteiger partial charge is 0.0897 e. The quantitative estimate of drug-likeness (QED) is 0.511. The van der Waals surface area contributed by atoms with Gasteiger partial charge in [-0.2, -0.15) is 0 Å². The number of nitrogens with one attached hydrogen (secondary N) is 1. The first-order chi connectivity index (χ1) is 7.83. The van der Waals surface area contributed by atoms with Gasteiger partial charge in [0.25, 0.3) is 0 Å². The van der Waals surface area contributed by atoms with Crippen LogP contribution in [0.25, 0.3) is 0 Å². The van der Waals surface area contributed by atoms with Crippen molar-refractivity contribution in [3.05, 3.63) is 35.0 Å². The summed E-state index contributed by atoms with van der Waals surface area (Å²) < 4.78 is 5.40. The molecule has 16 heavy (non-hydrogen) atoms. The monoisotopic (exact) mass is 241 g/mol. The Morgan fingerprint density at radius 3 is 3.19 bits per heavy atom. The fourth-order valence-corrected chi connectivity index (χ4v) is 1.86. The standard InChI is InChI=1S/C12H19NO2S/c1-2-3-6-13-8-11(14)9-15-10-12-5-4-7-16-12/h2,4-5,7,11,13-14H,1,3,6,8-10H2. The van der Waals surface area contributed by atoms with Crippen molar-refractivity contribution >= 4 is 11.3 Å². The van der Waals surface area contributed by atoms with Gasteiger partial charge in [0.15, 0.2) is 0 Å². The van der Waals surface area contributed by atoms with E-state index in [0.717, 1.165) is 13.0 Å². The van der Waals surface area contributed by atoms with E-state index in [9.17, 15) is 5.11 Å². The van der Waals surface area contributed by atoms with Gasteiger partial charge in [-0.3, -0.25) is 0 Å². The predicted molar refractivity (Wildman–Crippen MR) is 67.7 cm³/mol. The van der Waals surface area contributed by atoms with Gasteiger partial charge in [0.2, 0.25) is 0 Å². The number of rotatable bonds is 9. The molecule has 0 saturated carbocycles. The SMILES string of the molecule is C=CCCNCC(O)COCc1cccs1. The van der Waals surface area contributed by atoms with E-state index in [1.54, 1.807) is 11.3 Å². The Morgan fingerprint density at radius 1 is 1.62 bits per heavy atom. The Labute approximate surface area is 101 Å². The van der Waals surface area contributed by atoms with Crippen LogP contribution in [-0.2, 0) is 11.3 Å². The normalized spacial score (nSPS) is 12.6. The van der Waals surface area contributed by atoms with Crippen LogP contribution in [0, 0.1) is 0 Å². The molecule has 0 aliphatic rings. The minimum atomic E-state index is -0.440. The van der Waals surface area contributed by atoms with E-state index < -0.39 is 6.10 Å². The van der Waals surface area contributed by atoms with Gasteiger partial charge >= 0.3 is 0 Å². The van der Waals surface area contributed by atoms with E-state index in [4.69, 9.17) is 4.74 Å². The van der Waals surface area contributed by atoms with Gasteiger partial charge in [-0.1, -0.05) is 12.1 Å². The predicted octanol–water partition coefficient (Wildman–Crippen LogP) is 1.79. The van der Waals surface area contributed by atoms with Crippen molar-refractivity contribution in [3.63, 3.8) is 0 Å². The number of hydrogen-bond acceptors (Lipinski definition) is 4. The zero-order chi connectivity index (χ0) is 11.6. The maximum atomic E-state index is 9.57. The molecular weight excluding hydrogens is 222 g/mol. The van der Waals surface area contributed by atoms with Crippen molar-refractivity contribution in [2.45, 2.75) is 19.1 Å². The highest BCUT2D eigenvalue weighted by Gasteiger charge is 2.03. The molecule has 1 unspecified atom stereocenters. The summed E-state index contributed by atoms with van der Waals surface area (Å²) >= 11 is 1.67. The van der Waals surface area contributed by atoms with Crippen LogP contribution >= 0.6 is 11.3 Å². The lowest BCUT2D eigenvalue weighted by atomic mass is 10.3. The lowest BCUT2D eigenvalue weighted by Gasteiger charge is -2.11. The second-order valence-electron chi connectivity index (χ2n) is 3.53. The minimum absolute atomic E-state index is 0.374. The summed E-state index contributed by atoms with van der Waals surface area (Å²) in [5.74, 6) is 0. The molecule has 0 saturated heterocycles. The molecule has 4 heteroatoms. The van der Waals surface area contributed by atoms with Crippen LogP contribution in [-0.4, -0.2) is 30.9 Å². The van der Waals surface area contributed by atoms with Gasteiger partial charge in [-0.25, -0.2) is 0 Å². The van der Waals surface area contributed by atoms with Crippen molar-refractivity contribution in [3.8, 4) is 0 Å². The summed E-state index contributed by atoms with van der Waals surface area (Å²) in [5, 5.41) is 14.7. The third-order valence-corrected chi connectivity index (χ3v) is 2.89. The Morgan fingerprint density at radius 2 is 2.50 bits per heavy atom. The topological polar surface area (TPSA) is 41.5 Å². The molecule has 1 aromatic heterocycles. The average Bonchev–Trinajstić information content (AvgIpc) is 2.77. The van der Waals surface area contributed by atoms with Crippen LogP contribution in [0.1, 0.15) is 11.3 Å². The van der Waals surface area contributed by atoms with Crippen LogP contribution < -0.4 is 5.32 Å². The van der Waals surface area contributed by atoms with Gasteiger partial charge in [-0.15, -0.1) is 17.9 Å². The van der Waals surface area contributed by atoms with Crippen molar-refractivity contribution in [1.82, 2.24) is 5.32 Å². The maximum absolute atomic E-state index is 9.57. The zero-order valence-corrected chi connectivity index (χ0v) is 10.2. The zero-order valence-electron chi connectivity index (χ0n) is 9.39. The summed E-state index contributed by atoms with van der Waals surface area (Å²) in [6.07, 6.45) is 2.33. The van der Waals surface area contributed by atoms with E-state index in [1.165, 1.54) is 4.88 Å². The molecule has 3 nitrogen and oxygen atoms in total. The fraction of sp³-hybridized carbons (Fsp3) is 0.500. The van der Waals surface area contributed by atoms with Crippen molar-refractivity contribution in [2.24, 2.45) is 0 Å². The molecule has 0 aliphatic heterocycles. The average molecular weight is 241 g/mol. The lowest BCUT2D eigenvalue weighted by Crippen LogP contribution is -2.30. The summed E-state index contributed by atoms with van der Waals surface area (Å²) in [4.78, 5) is 1.19. The molecule has 90 valence electrons. The van der Waals surface area contributed by atoms with Gasteiger partial charge in [0, 0.05) is 11.4 Å². The van der Waals surface area contributed by atoms with Gasteiger partial charge in [-0.05, 0) is 24.4 Å². The van der Waals surface area contributed by atoms with Crippen molar-refractivity contribution in [2.75, 3.05) is 19.7 Å². The first kappa shape index (κ1) is 13.4. The van der Waals surface area contributed by atoms with Crippen LogP contribution in [0.2, 0.25) is 0 Å². The molecule has 1 rings (SSSR count). The molecule has 0 bridgehead atoms. The highest BCUT2D eigenvalue weighted by molar-refractivity contribution is 7.09. The Kier molecular flexibility index (Phi) is 7.09. The Hall–Kier alpha value is -0.680. The molecule has 0 aromatic carbocycles.